The van der Waals surface area contributed by atoms with Crippen LogP contribution in [0.15, 0.2) is 0 Å². The van der Waals surface area contributed by atoms with Crippen molar-refractivity contribution in [3.8, 4) is 0 Å². The Morgan fingerprint density at radius 2 is 1.86 bits per heavy atom. The van der Waals surface area contributed by atoms with Gasteiger partial charge in [0.05, 0.1) is 12.1 Å². The molecular formula is C16H28N2O4. The summed E-state index contributed by atoms with van der Waals surface area (Å²) in [6, 6.07) is -0.000711. The SMILES string of the molecule is CC(C)(C)OC(=O)COC1CCN(C(=O)[C@@H]2CCCN2)CC1. The fraction of sp³-hybridized carbons (Fsp3) is 0.875. The van der Waals surface area contributed by atoms with E-state index in [0.717, 1.165) is 32.2 Å². The van der Waals surface area contributed by atoms with E-state index in [4.69, 9.17) is 9.47 Å². The Hall–Kier alpha value is -1.14. The lowest BCUT2D eigenvalue weighted by Crippen LogP contribution is -2.48. The van der Waals surface area contributed by atoms with Gasteiger partial charge in [0, 0.05) is 13.1 Å². The van der Waals surface area contributed by atoms with Gasteiger partial charge in [-0.05, 0) is 53.0 Å². The fourth-order valence-corrected chi connectivity index (χ4v) is 2.92. The third kappa shape index (κ3) is 5.25. The minimum atomic E-state index is -0.482. The van der Waals surface area contributed by atoms with Crippen molar-refractivity contribution in [3.05, 3.63) is 0 Å². The number of carbonyl (C=O) groups excluding carboxylic acids is 2. The first-order valence-electron chi connectivity index (χ1n) is 8.21. The van der Waals surface area contributed by atoms with E-state index in [1.165, 1.54) is 0 Å². The number of carbonyl (C=O) groups is 2. The Kier molecular flexibility index (Phi) is 5.81. The minimum absolute atomic E-state index is 0.000711. The molecule has 0 aromatic heterocycles. The van der Waals surface area contributed by atoms with Gasteiger partial charge in [0.15, 0.2) is 0 Å². The summed E-state index contributed by atoms with van der Waals surface area (Å²) in [5, 5.41) is 3.24. The lowest BCUT2D eigenvalue weighted by molar-refractivity contribution is -0.163. The van der Waals surface area contributed by atoms with Gasteiger partial charge in [-0.25, -0.2) is 4.79 Å². The number of rotatable bonds is 4. The van der Waals surface area contributed by atoms with E-state index in [9.17, 15) is 9.59 Å². The zero-order valence-corrected chi connectivity index (χ0v) is 13.9. The third-order valence-corrected chi connectivity index (χ3v) is 3.97. The average molecular weight is 312 g/mol. The minimum Gasteiger partial charge on any atom is -0.458 e. The summed E-state index contributed by atoms with van der Waals surface area (Å²) in [5.41, 5.74) is -0.482. The first-order chi connectivity index (χ1) is 10.3. The Morgan fingerprint density at radius 3 is 2.41 bits per heavy atom. The van der Waals surface area contributed by atoms with Crippen LogP contribution in [0.4, 0.5) is 0 Å². The molecule has 0 aliphatic carbocycles. The van der Waals surface area contributed by atoms with Crippen molar-refractivity contribution in [1.82, 2.24) is 10.2 Å². The molecule has 0 spiro atoms. The molecule has 126 valence electrons. The third-order valence-electron chi connectivity index (χ3n) is 3.97. The Labute approximate surface area is 132 Å². The predicted octanol–water partition coefficient (Wildman–Crippen LogP) is 1.09. The van der Waals surface area contributed by atoms with Crippen molar-refractivity contribution in [2.45, 2.75) is 64.2 Å². The topological polar surface area (TPSA) is 67.9 Å². The van der Waals surface area contributed by atoms with Gasteiger partial charge < -0.3 is 19.7 Å². The molecule has 2 aliphatic rings. The summed E-state index contributed by atoms with van der Waals surface area (Å²) in [4.78, 5) is 25.8. The smallest absolute Gasteiger partial charge is 0.332 e. The summed E-state index contributed by atoms with van der Waals surface area (Å²) in [5.74, 6) is -0.121. The number of piperidine rings is 1. The largest absolute Gasteiger partial charge is 0.458 e. The van der Waals surface area contributed by atoms with Crippen LogP contribution in [0, 0.1) is 0 Å². The number of hydrogen-bond donors (Lipinski definition) is 1. The highest BCUT2D eigenvalue weighted by atomic mass is 16.6. The van der Waals surface area contributed by atoms with Gasteiger partial charge in [0.2, 0.25) is 5.91 Å². The van der Waals surface area contributed by atoms with E-state index < -0.39 is 5.60 Å². The molecule has 2 rings (SSSR count). The van der Waals surface area contributed by atoms with Crippen molar-refractivity contribution in [2.75, 3.05) is 26.2 Å². The second-order valence-corrected chi connectivity index (χ2v) is 7.07. The van der Waals surface area contributed by atoms with Crippen LogP contribution in [0.2, 0.25) is 0 Å². The number of esters is 1. The van der Waals surface area contributed by atoms with Gasteiger partial charge in [-0.2, -0.15) is 0 Å². The summed E-state index contributed by atoms with van der Waals surface area (Å²) in [6.07, 6.45) is 3.61. The lowest BCUT2D eigenvalue weighted by Gasteiger charge is -2.33. The number of ether oxygens (including phenoxy) is 2. The van der Waals surface area contributed by atoms with E-state index in [-0.39, 0.29) is 30.6 Å². The number of nitrogens with zero attached hydrogens (tertiary/aromatic N) is 1. The van der Waals surface area contributed by atoms with Crippen LogP contribution in [-0.2, 0) is 19.1 Å². The quantitative estimate of drug-likeness (QED) is 0.787. The van der Waals surface area contributed by atoms with Gasteiger partial charge >= 0.3 is 5.97 Å². The van der Waals surface area contributed by atoms with Crippen molar-refractivity contribution in [2.24, 2.45) is 0 Å². The number of amides is 1. The maximum atomic E-state index is 12.3. The highest BCUT2D eigenvalue weighted by Crippen LogP contribution is 2.17. The molecule has 0 aromatic carbocycles. The van der Waals surface area contributed by atoms with Crippen LogP contribution in [0.25, 0.3) is 0 Å². The van der Waals surface area contributed by atoms with E-state index in [2.05, 4.69) is 5.32 Å². The summed E-state index contributed by atoms with van der Waals surface area (Å²) >= 11 is 0. The first-order valence-corrected chi connectivity index (χ1v) is 8.21. The van der Waals surface area contributed by atoms with Crippen LogP contribution >= 0.6 is 0 Å². The van der Waals surface area contributed by atoms with Crippen molar-refractivity contribution in [3.63, 3.8) is 0 Å². The zero-order chi connectivity index (χ0) is 16.2. The molecule has 1 amide bonds. The highest BCUT2D eigenvalue weighted by Gasteiger charge is 2.30. The van der Waals surface area contributed by atoms with Gasteiger partial charge in [-0.3, -0.25) is 4.79 Å². The van der Waals surface area contributed by atoms with Crippen LogP contribution in [0.5, 0.6) is 0 Å². The van der Waals surface area contributed by atoms with E-state index in [1.54, 1.807) is 0 Å². The molecule has 1 atom stereocenters. The Morgan fingerprint density at radius 1 is 1.18 bits per heavy atom. The standard InChI is InChI=1S/C16H28N2O4/c1-16(2,3)22-14(19)11-21-12-6-9-18(10-7-12)15(20)13-5-4-8-17-13/h12-13,17H,4-11H2,1-3H3/t13-/m0/s1. The molecule has 0 bridgehead atoms. The van der Waals surface area contributed by atoms with Gasteiger partial charge in [0.1, 0.15) is 12.2 Å². The maximum absolute atomic E-state index is 12.3. The van der Waals surface area contributed by atoms with Gasteiger partial charge in [-0.15, -0.1) is 0 Å². The monoisotopic (exact) mass is 312 g/mol. The van der Waals surface area contributed by atoms with Crippen LogP contribution in [-0.4, -0.2) is 60.8 Å². The van der Waals surface area contributed by atoms with E-state index in [1.807, 2.05) is 25.7 Å². The zero-order valence-electron chi connectivity index (χ0n) is 13.9. The molecule has 1 N–H and O–H groups in total. The van der Waals surface area contributed by atoms with E-state index in [0.29, 0.717) is 13.1 Å². The molecule has 22 heavy (non-hydrogen) atoms. The molecule has 6 heteroatoms. The maximum Gasteiger partial charge on any atom is 0.332 e. The van der Waals surface area contributed by atoms with Gasteiger partial charge in [0.25, 0.3) is 0 Å². The van der Waals surface area contributed by atoms with Gasteiger partial charge in [-0.1, -0.05) is 0 Å². The van der Waals surface area contributed by atoms with Crippen molar-refractivity contribution in [1.29, 1.82) is 0 Å². The highest BCUT2D eigenvalue weighted by molar-refractivity contribution is 5.82. The molecule has 2 aliphatic heterocycles. The molecule has 0 saturated carbocycles. The fourth-order valence-electron chi connectivity index (χ4n) is 2.92. The number of nitrogens with one attached hydrogen (secondary N) is 1. The average Bonchev–Trinajstić information content (AvgIpc) is 2.97. The predicted molar refractivity (Wildman–Crippen MR) is 82.4 cm³/mol. The molecule has 2 fully saturated rings. The molecule has 0 unspecified atom stereocenters. The molecule has 2 saturated heterocycles. The number of likely N-dealkylation sites (tertiary alicyclic amines) is 1. The summed E-state index contributed by atoms with van der Waals surface area (Å²) in [7, 11) is 0. The van der Waals surface area contributed by atoms with Crippen LogP contribution in [0.3, 0.4) is 0 Å². The molecule has 2 heterocycles. The molecule has 6 nitrogen and oxygen atoms in total. The van der Waals surface area contributed by atoms with Crippen LogP contribution in [0.1, 0.15) is 46.5 Å². The Bertz CT molecular complexity index is 391. The molecule has 0 radical (unpaired) electrons. The van der Waals surface area contributed by atoms with Crippen LogP contribution < -0.4 is 5.32 Å². The second-order valence-electron chi connectivity index (χ2n) is 7.07. The van der Waals surface area contributed by atoms with Crippen molar-refractivity contribution >= 4 is 11.9 Å². The van der Waals surface area contributed by atoms with E-state index >= 15 is 0 Å². The Balaban J connectivity index is 1.66. The first kappa shape index (κ1) is 17.2. The van der Waals surface area contributed by atoms with Crippen molar-refractivity contribution < 1.29 is 19.1 Å². The normalized spacial score (nSPS) is 23.6. The summed E-state index contributed by atoms with van der Waals surface area (Å²) < 4.78 is 10.8. The number of hydrogen-bond acceptors (Lipinski definition) is 5. The lowest BCUT2D eigenvalue weighted by atomic mass is 10.1. The molecule has 0 aromatic rings. The summed E-state index contributed by atoms with van der Waals surface area (Å²) in [6.45, 7) is 7.85. The second kappa shape index (κ2) is 7.42. The molecular weight excluding hydrogens is 284 g/mol.